The van der Waals surface area contributed by atoms with E-state index in [0.29, 0.717) is 19.5 Å². The van der Waals surface area contributed by atoms with Gasteiger partial charge in [0.1, 0.15) is 7.85 Å². The zero-order valence-corrected chi connectivity index (χ0v) is 9.84. The highest BCUT2D eigenvalue weighted by molar-refractivity contribution is 7.75. The van der Waals surface area contributed by atoms with Crippen molar-refractivity contribution in [2.24, 2.45) is 0 Å². The molecule has 0 spiro atoms. The van der Waals surface area contributed by atoms with Crippen molar-refractivity contribution in [2.45, 2.75) is 32.3 Å². The molecule has 0 saturated carbocycles. The van der Waals surface area contributed by atoms with Crippen molar-refractivity contribution in [1.82, 2.24) is 5.32 Å². The van der Waals surface area contributed by atoms with Crippen LogP contribution in [0.25, 0.3) is 0 Å². The van der Waals surface area contributed by atoms with Gasteiger partial charge in [-0.15, -0.1) is 0 Å². The number of amides is 1. The van der Waals surface area contributed by atoms with Crippen LogP contribution in [-0.4, -0.2) is 39.1 Å². The molecule has 1 unspecified atom stereocenters. The maximum Gasteiger partial charge on any atom is 0.212 e. The first-order valence-electron chi connectivity index (χ1n) is 4.77. The minimum atomic E-state index is -0.123. The summed E-state index contributed by atoms with van der Waals surface area (Å²) in [5.74, 6) is -0.00672. The third-order valence-corrected chi connectivity index (χ3v) is 1.74. The molecule has 1 atom stereocenters. The highest BCUT2D eigenvalue weighted by Crippen LogP contribution is 1.95. The maximum absolute atomic E-state index is 11.1. The first-order valence-corrected chi connectivity index (χ1v) is 5.14. The summed E-state index contributed by atoms with van der Waals surface area (Å²) in [6, 6.07) is -0.123. The smallest absolute Gasteiger partial charge is 0.212 e. The van der Waals surface area contributed by atoms with Crippen molar-refractivity contribution in [3.8, 4) is 0 Å². The van der Waals surface area contributed by atoms with E-state index in [1.165, 1.54) is 0 Å². The second kappa shape index (κ2) is 8.14. The fourth-order valence-corrected chi connectivity index (χ4v) is 1.04. The van der Waals surface area contributed by atoms with E-state index in [-0.39, 0.29) is 18.1 Å². The van der Waals surface area contributed by atoms with Gasteiger partial charge < -0.3 is 14.2 Å². The molecule has 0 rings (SSSR count). The molecule has 0 aromatic rings. The predicted molar refractivity (Wildman–Crippen MR) is 61.3 cm³/mol. The van der Waals surface area contributed by atoms with E-state index in [1.54, 1.807) is 7.85 Å². The van der Waals surface area contributed by atoms with Gasteiger partial charge >= 0.3 is 0 Å². The number of nitrogens with one attached hydrogen (secondary N) is 1. The minimum Gasteiger partial charge on any atom is -0.377 e. The zero-order valence-electron chi connectivity index (χ0n) is 8.95. The van der Waals surface area contributed by atoms with Crippen LogP contribution in [0.5, 0.6) is 0 Å². The summed E-state index contributed by atoms with van der Waals surface area (Å²) in [4.78, 5) is 11.1. The van der Waals surface area contributed by atoms with Gasteiger partial charge in [-0.2, -0.15) is 0 Å². The molecule has 0 radical (unpaired) electrons. The van der Waals surface area contributed by atoms with Crippen LogP contribution in [0.4, 0.5) is 0 Å². The summed E-state index contributed by atoms with van der Waals surface area (Å²) >= 11 is 3.65. The molecule has 0 aliphatic heterocycles. The van der Waals surface area contributed by atoms with Gasteiger partial charge in [0.15, 0.2) is 0 Å². The molecule has 1 amide bonds. The van der Waals surface area contributed by atoms with Gasteiger partial charge in [0.25, 0.3) is 0 Å². The minimum absolute atomic E-state index is 0.00672. The Bertz CT molecular complexity index is 169. The van der Waals surface area contributed by atoms with E-state index >= 15 is 0 Å². The van der Waals surface area contributed by atoms with Crippen molar-refractivity contribution in [1.29, 1.82) is 0 Å². The lowest BCUT2D eigenvalue weighted by Crippen LogP contribution is -2.41. The maximum atomic E-state index is 11.1. The molecule has 0 aliphatic carbocycles. The zero-order chi connectivity index (χ0) is 11.0. The molecule has 0 fully saturated rings. The molecule has 14 heavy (non-hydrogen) atoms. The monoisotopic (exact) mass is 219 g/mol. The van der Waals surface area contributed by atoms with Gasteiger partial charge in [0.2, 0.25) is 5.91 Å². The average molecular weight is 219 g/mol. The van der Waals surface area contributed by atoms with Gasteiger partial charge in [-0.05, 0) is 33.1 Å². The number of carbonyl (C=O) groups is 1. The largest absolute Gasteiger partial charge is 0.377 e. The molecular formula is C8H18BNO3S. The number of hydrogen-bond donors (Lipinski definition) is 2. The van der Waals surface area contributed by atoms with Gasteiger partial charge in [-0.1, -0.05) is 0 Å². The molecule has 0 saturated heterocycles. The van der Waals surface area contributed by atoms with Crippen LogP contribution in [0.2, 0.25) is 6.32 Å². The summed E-state index contributed by atoms with van der Waals surface area (Å²) in [6.07, 6.45) is 0.612. The number of thiol groups is 1. The Labute approximate surface area is 91.7 Å². The van der Waals surface area contributed by atoms with E-state index < -0.39 is 0 Å². The lowest BCUT2D eigenvalue weighted by Gasteiger charge is -2.18. The Balaban J connectivity index is 3.82. The molecular weight excluding hydrogens is 201 g/mol. The molecule has 1 N–H and O–H groups in total. The Hall–Kier alpha value is -0.195. The number of hydrogen-bond acceptors (Lipinski definition) is 4. The van der Waals surface area contributed by atoms with Crippen LogP contribution in [-0.2, 0) is 13.7 Å². The summed E-state index contributed by atoms with van der Waals surface area (Å²) in [7, 11) is 1.80. The lowest BCUT2D eigenvalue weighted by molar-refractivity contribution is -0.120. The highest BCUT2D eigenvalue weighted by Gasteiger charge is 2.11. The fraction of sp³-hybridized carbons (Fsp3) is 0.875. The Morgan fingerprint density at radius 2 is 2.14 bits per heavy atom. The van der Waals surface area contributed by atoms with Gasteiger partial charge in [0.05, 0.1) is 25.4 Å². The second-order valence-electron chi connectivity index (χ2n) is 3.30. The van der Waals surface area contributed by atoms with Crippen LogP contribution in [0.1, 0.15) is 13.8 Å². The summed E-state index contributed by atoms with van der Waals surface area (Å²) in [5.41, 5.74) is 0. The van der Waals surface area contributed by atoms with Gasteiger partial charge in [-0.25, -0.2) is 0 Å². The van der Waals surface area contributed by atoms with E-state index in [1.807, 2.05) is 13.8 Å². The highest BCUT2D eigenvalue weighted by atomic mass is 32.1. The van der Waals surface area contributed by atoms with Gasteiger partial charge in [0, 0.05) is 0 Å². The number of ether oxygens (including phenoxy) is 1. The van der Waals surface area contributed by atoms with E-state index in [2.05, 4.69) is 22.4 Å². The quantitative estimate of drug-likeness (QED) is 0.354. The fourth-order valence-electron chi connectivity index (χ4n) is 0.860. The van der Waals surface area contributed by atoms with Gasteiger partial charge in [-0.3, -0.25) is 4.79 Å². The molecule has 0 aromatic heterocycles. The van der Waals surface area contributed by atoms with Crippen LogP contribution in [0.15, 0.2) is 0 Å². The predicted octanol–water partition coefficient (Wildman–Crippen LogP) is -0.191. The first kappa shape index (κ1) is 13.8. The molecule has 0 aromatic carbocycles. The third-order valence-electron chi connectivity index (χ3n) is 1.59. The van der Waals surface area contributed by atoms with E-state index in [9.17, 15) is 4.79 Å². The van der Waals surface area contributed by atoms with Crippen LogP contribution in [0.3, 0.4) is 0 Å². The molecule has 4 nitrogen and oxygen atoms in total. The van der Waals surface area contributed by atoms with Crippen LogP contribution >= 0.6 is 12.9 Å². The molecule has 0 heterocycles. The Kier molecular flexibility index (Phi) is 8.03. The third kappa shape index (κ3) is 7.23. The topological polar surface area (TPSA) is 47.6 Å². The van der Waals surface area contributed by atoms with E-state index in [4.69, 9.17) is 4.74 Å². The van der Waals surface area contributed by atoms with E-state index in [0.717, 1.165) is 0 Å². The molecule has 0 bridgehead atoms. The standard InChI is InChI=1S/C8H18BNO3S/c1-6(2)12-4-7(5-13-14)10-8(11)3-9/h6-7,14H,3-5,9H2,1-2H3,(H,10,11). The summed E-state index contributed by atoms with van der Waals surface area (Å²) < 4.78 is 10.1. The van der Waals surface area contributed by atoms with Crippen LogP contribution in [0, 0.1) is 0 Å². The first-order chi connectivity index (χ1) is 6.60. The van der Waals surface area contributed by atoms with Crippen LogP contribution < -0.4 is 5.32 Å². The normalized spacial score (nSPS) is 12.9. The van der Waals surface area contributed by atoms with Crippen molar-refractivity contribution in [3.05, 3.63) is 0 Å². The number of carbonyl (C=O) groups excluding carboxylic acids is 1. The Morgan fingerprint density at radius 1 is 1.50 bits per heavy atom. The molecule has 6 heteroatoms. The Morgan fingerprint density at radius 3 is 2.57 bits per heavy atom. The van der Waals surface area contributed by atoms with Crippen molar-refractivity contribution in [3.63, 3.8) is 0 Å². The lowest BCUT2D eigenvalue weighted by atomic mass is 10.0. The molecule has 0 aliphatic rings. The SMILES string of the molecule is BCC(=O)NC(COS)COC(C)C. The summed E-state index contributed by atoms with van der Waals surface area (Å²) in [6.45, 7) is 4.69. The van der Waals surface area contributed by atoms with Crippen molar-refractivity contribution in [2.75, 3.05) is 13.2 Å². The molecule has 82 valence electrons. The van der Waals surface area contributed by atoms with Crippen molar-refractivity contribution < 1.29 is 13.7 Å². The average Bonchev–Trinajstić information content (AvgIpc) is 2.14. The second-order valence-corrected chi connectivity index (χ2v) is 3.55. The number of rotatable bonds is 7. The van der Waals surface area contributed by atoms with Crippen molar-refractivity contribution >= 4 is 26.7 Å². The summed E-state index contributed by atoms with van der Waals surface area (Å²) in [5, 5.41) is 2.79.